The fourth-order valence-corrected chi connectivity index (χ4v) is 1.87. The molecular weight excluding hydrogens is 247 g/mol. The summed E-state index contributed by atoms with van der Waals surface area (Å²) in [6.07, 6.45) is 0.619. The van der Waals surface area contributed by atoms with E-state index in [0.717, 1.165) is 0 Å². The lowest BCUT2D eigenvalue weighted by molar-refractivity contribution is -0.147. The topological polar surface area (TPSA) is 35.5 Å². The highest BCUT2D eigenvalue weighted by molar-refractivity contribution is 5.72. The molecule has 4 heteroatoms. The molecule has 0 bridgehead atoms. The van der Waals surface area contributed by atoms with E-state index in [-0.39, 0.29) is 23.7 Å². The zero-order valence-electron chi connectivity index (χ0n) is 11.9. The smallest absolute Gasteiger partial charge is 0.312 e. The first-order chi connectivity index (χ1) is 8.83. The van der Waals surface area contributed by atoms with Crippen LogP contribution in [0.1, 0.15) is 27.2 Å². The third kappa shape index (κ3) is 5.28. The van der Waals surface area contributed by atoms with Crippen molar-refractivity contribution in [2.24, 2.45) is 11.3 Å². The summed E-state index contributed by atoms with van der Waals surface area (Å²) in [5.74, 6) is -0.997. The molecule has 0 spiro atoms. The molecule has 0 aromatic heterocycles. The molecule has 1 aromatic carbocycles. The summed E-state index contributed by atoms with van der Waals surface area (Å²) in [6, 6.07) is 6.15. The monoisotopic (exact) mass is 268 g/mol. The largest absolute Gasteiger partial charge is 0.490 e. The van der Waals surface area contributed by atoms with Crippen molar-refractivity contribution < 1.29 is 18.7 Å². The lowest BCUT2D eigenvalue weighted by Crippen LogP contribution is -2.27. The molecule has 0 aliphatic rings. The van der Waals surface area contributed by atoms with Gasteiger partial charge in [-0.15, -0.1) is 0 Å². The lowest BCUT2D eigenvalue weighted by atomic mass is 9.85. The summed E-state index contributed by atoms with van der Waals surface area (Å²) < 4.78 is 23.6. The summed E-state index contributed by atoms with van der Waals surface area (Å²) >= 11 is 0. The fourth-order valence-electron chi connectivity index (χ4n) is 1.87. The second-order valence-corrected chi connectivity index (χ2v) is 5.73. The van der Waals surface area contributed by atoms with Gasteiger partial charge in [0, 0.05) is 0 Å². The van der Waals surface area contributed by atoms with Crippen molar-refractivity contribution >= 4 is 5.97 Å². The highest BCUT2D eigenvalue weighted by Crippen LogP contribution is 2.26. The molecule has 0 amide bonds. The SMILES string of the molecule is COC(=O)C(COc1ccccc1F)CC(C)(C)C. The van der Waals surface area contributed by atoms with Crippen molar-refractivity contribution in [3.8, 4) is 5.75 Å². The zero-order valence-corrected chi connectivity index (χ0v) is 11.9. The molecule has 0 aliphatic carbocycles. The molecule has 0 saturated carbocycles. The Balaban J connectivity index is 2.68. The van der Waals surface area contributed by atoms with Crippen LogP contribution in [0, 0.1) is 17.2 Å². The first-order valence-electron chi connectivity index (χ1n) is 6.28. The number of hydrogen-bond donors (Lipinski definition) is 0. The molecule has 0 heterocycles. The van der Waals surface area contributed by atoms with Gasteiger partial charge in [0.2, 0.25) is 0 Å². The molecule has 1 atom stereocenters. The predicted molar refractivity (Wildman–Crippen MR) is 71.5 cm³/mol. The molecule has 0 radical (unpaired) electrons. The van der Waals surface area contributed by atoms with Crippen LogP contribution >= 0.6 is 0 Å². The zero-order chi connectivity index (χ0) is 14.5. The number of halogens is 1. The van der Waals surface area contributed by atoms with Gasteiger partial charge in [-0.05, 0) is 24.0 Å². The van der Waals surface area contributed by atoms with E-state index in [0.29, 0.717) is 6.42 Å². The van der Waals surface area contributed by atoms with Gasteiger partial charge in [0.25, 0.3) is 0 Å². The Morgan fingerprint density at radius 1 is 1.32 bits per heavy atom. The highest BCUT2D eigenvalue weighted by Gasteiger charge is 2.26. The Labute approximate surface area is 113 Å². The van der Waals surface area contributed by atoms with Crippen LogP contribution in [0.2, 0.25) is 0 Å². The third-order valence-electron chi connectivity index (χ3n) is 2.67. The molecule has 106 valence electrons. The Morgan fingerprint density at radius 2 is 1.95 bits per heavy atom. The quantitative estimate of drug-likeness (QED) is 0.767. The Hall–Kier alpha value is -1.58. The minimum atomic E-state index is -0.429. The number of esters is 1. The van der Waals surface area contributed by atoms with Gasteiger partial charge in [-0.25, -0.2) is 4.39 Å². The van der Waals surface area contributed by atoms with Gasteiger partial charge in [0.05, 0.1) is 13.0 Å². The standard InChI is InChI=1S/C15H21FO3/c1-15(2,3)9-11(14(17)18-4)10-19-13-8-6-5-7-12(13)16/h5-8,11H,9-10H2,1-4H3. The van der Waals surface area contributed by atoms with Crippen LogP contribution in [0.15, 0.2) is 24.3 Å². The Bertz CT molecular complexity index is 424. The van der Waals surface area contributed by atoms with Crippen molar-refractivity contribution in [3.05, 3.63) is 30.1 Å². The minimum Gasteiger partial charge on any atom is -0.490 e. The second kappa shape index (κ2) is 6.55. The van der Waals surface area contributed by atoms with Crippen LogP contribution in [-0.2, 0) is 9.53 Å². The molecular formula is C15H21FO3. The van der Waals surface area contributed by atoms with Crippen LogP contribution in [0.3, 0.4) is 0 Å². The highest BCUT2D eigenvalue weighted by atomic mass is 19.1. The molecule has 1 rings (SSSR count). The van der Waals surface area contributed by atoms with Crippen LogP contribution < -0.4 is 4.74 Å². The molecule has 0 fully saturated rings. The summed E-state index contributed by atoms with van der Waals surface area (Å²) in [4.78, 5) is 11.7. The molecule has 0 aliphatic heterocycles. The summed E-state index contributed by atoms with van der Waals surface area (Å²) in [7, 11) is 1.35. The van der Waals surface area contributed by atoms with Crippen LogP contribution in [0.5, 0.6) is 5.75 Å². The van der Waals surface area contributed by atoms with E-state index >= 15 is 0 Å². The van der Waals surface area contributed by atoms with Gasteiger partial charge >= 0.3 is 5.97 Å². The number of carbonyl (C=O) groups excluding carboxylic acids is 1. The first kappa shape index (κ1) is 15.5. The van der Waals surface area contributed by atoms with Gasteiger partial charge in [-0.1, -0.05) is 32.9 Å². The first-order valence-corrected chi connectivity index (χ1v) is 6.28. The van der Waals surface area contributed by atoms with Gasteiger partial charge in [0.15, 0.2) is 11.6 Å². The van der Waals surface area contributed by atoms with Crippen LogP contribution in [0.4, 0.5) is 4.39 Å². The fraction of sp³-hybridized carbons (Fsp3) is 0.533. The van der Waals surface area contributed by atoms with Crippen LogP contribution in [-0.4, -0.2) is 19.7 Å². The van der Waals surface area contributed by atoms with Crippen molar-refractivity contribution in [2.75, 3.05) is 13.7 Å². The summed E-state index contributed by atoms with van der Waals surface area (Å²) in [6.45, 7) is 6.22. The predicted octanol–water partition coefficient (Wildman–Crippen LogP) is 3.43. The van der Waals surface area contributed by atoms with Gasteiger partial charge in [-0.3, -0.25) is 4.79 Å². The third-order valence-corrected chi connectivity index (χ3v) is 2.67. The average molecular weight is 268 g/mol. The number of para-hydroxylation sites is 1. The Kier molecular flexibility index (Phi) is 5.33. The molecule has 0 N–H and O–H groups in total. The van der Waals surface area contributed by atoms with E-state index < -0.39 is 11.7 Å². The maximum absolute atomic E-state index is 13.4. The molecule has 1 aromatic rings. The van der Waals surface area contributed by atoms with E-state index in [2.05, 4.69) is 0 Å². The van der Waals surface area contributed by atoms with E-state index in [9.17, 15) is 9.18 Å². The van der Waals surface area contributed by atoms with Crippen LogP contribution in [0.25, 0.3) is 0 Å². The van der Waals surface area contributed by atoms with E-state index in [4.69, 9.17) is 9.47 Å². The van der Waals surface area contributed by atoms with Crippen molar-refractivity contribution in [2.45, 2.75) is 27.2 Å². The number of ether oxygens (including phenoxy) is 2. The molecule has 0 saturated heterocycles. The molecule has 3 nitrogen and oxygen atoms in total. The van der Waals surface area contributed by atoms with Gasteiger partial charge in [0.1, 0.15) is 6.61 Å². The van der Waals surface area contributed by atoms with Gasteiger partial charge in [-0.2, -0.15) is 0 Å². The van der Waals surface area contributed by atoms with E-state index in [1.54, 1.807) is 18.2 Å². The van der Waals surface area contributed by atoms with E-state index in [1.807, 2.05) is 20.8 Å². The summed E-state index contributed by atoms with van der Waals surface area (Å²) in [5, 5.41) is 0. The molecule has 1 unspecified atom stereocenters. The number of methoxy groups -OCH3 is 1. The Morgan fingerprint density at radius 3 is 2.47 bits per heavy atom. The maximum atomic E-state index is 13.4. The number of carbonyl (C=O) groups is 1. The normalized spacial score (nSPS) is 12.9. The van der Waals surface area contributed by atoms with Crippen molar-refractivity contribution in [3.63, 3.8) is 0 Å². The lowest BCUT2D eigenvalue weighted by Gasteiger charge is -2.24. The van der Waals surface area contributed by atoms with Crippen molar-refractivity contribution in [1.29, 1.82) is 0 Å². The van der Waals surface area contributed by atoms with E-state index in [1.165, 1.54) is 13.2 Å². The maximum Gasteiger partial charge on any atom is 0.312 e. The average Bonchev–Trinajstić information content (AvgIpc) is 2.34. The number of hydrogen-bond acceptors (Lipinski definition) is 3. The second-order valence-electron chi connectivity index (χ2n) is 5.73. The van der Waals surface area contributed by atoms with Crippen molar-refractivity contribution in [1.82, 2.24) is 0 Å². The minimum absolute atomic E-state index is 0.0303. The van der Waals surface area contributed by atoms with Gasteiger partial charge < -0.3 is 9.47 Å². The molecule has 19 heavy (non-hydrogen) atoms. The number of rotatable bonds is 5. The summed E-state index contributed by atoms with van der Waals surface area (Å²) in [5.41, 5.74) is -0.0303. The number of benzene rings is 1.